The summed E-state index contributed by atoms with van der Waals surface area (Å²) in [7, 11) is 0. The lowest BCUT2D eigenvalue weighted by Crippen LogP contribution is -2.37. The first-order chi connectivity index (χ1) is 15.3. The molecule has 1 aliphatic heterocycles. The van der Waals surface area contributed by atoms with Gasteiger partial charge in [-0.2, -0.15) is 0 Å². The Bertz CT molecular complexity index is 1170. The number of hydrogen-bond acceptors (Lipinski definition) is 6. The molecule has 0 spiro atoms. The van der Waals surface area contributed by atoms with Crippen molar-refractivity contribution in [1.29, 1.82) is 0 Å². The Morgan fingerprint density at radius 2 is 2.00 bits per heavy atom. The van der Waals surface area contributed by atoms with E-state index in [9.17, 15) is 4.39 Å². The molecule has 5 rings (SSSR count). The highest BCUT2D eigenvalue weighted by Crippen LogP contribution is 2.30. The van der Waals surface area contributed by atoms with E-state index in [0.29, 0.717) is 37.8 Å². The predicted molar refractivity (Wildman–Crippen MR) is 117 cm³/mol. The van der Waals surface area contributed by atoms with Gasteiger partial charge in [0.25, 0.3) is 0 Å². The Kier molecular flexibility index (Phi) is 5.56. The zero-order valence-corrected chi connectivity index (χ0v) is 17.0. The molecule has 0 aliphatic carbocycles. The fourth-order valence-electron chi connectivity index (χ4n) is 3.82. The van der Waals surface area contributed by atoms with Gasteiger partial charge in [0.1, 0.15) is 17.5 Å². The number of rotatable bonds is 6. The number of aromatic amines is 1. The molecule has 7 nitrogen and oxygen atoms in total. The quantitative estimate of drug-likeness (QED) is 0.500. The van der Waals surface area contributed by atoms with Gasteiger partial charge in [0.15, 0.2) is 0 Å². The van der Waals surface area contributed by atoms with E-state index < -0.39 is 0 Å². The predicted octanol–water partition coefficient (Wildman–Crippen LogP) is 3.29. The van der Waals surface area contributed by atoms with Crippen LogP contribution < -0.4 is 10.2 Å². The summed E-state index contributed by atoms with van der Waals surface area (Å²) in [5.74, 6) is 1.20. The van der Waals surface area contributed by atoms with Gasteiger partial charge in [-0.05, 0) is 29.8 Å². The number of halogens is 1. The van der Waals surface area contributed by atoms with Crippen molar-refractivity contribution in [3.05, 3.63) is 72.2 Å². The molecule has 0 bridgehead atoms. The summed E-state index contributed by atoms with van der Waals surface area (Å²) in [6.45, 7) is 4.01. The molecular formula is C23H23FN6O. The first-order valence-corrected chi connectivity index (χ1v) is 10.3. The average molecular weight is 418 g/mol. The number of morpholine rings is 1. The van der Waals surface area contributed by atoms with Crippen LogP contribution in [0.15, 0.2) is 55.0 Å². The molecule has 0 radical (unpaired) electrons. The van der Waals surface area contributed by atoms with E-state index in [4.69, 9.17) is 14.7 Å². The maximum atomic E-state index is 14.3. The zero-order chi connectivity index (χ0) is 21.0. The number of hydrogen-bond donors (Lipinski definition) is 2. The van der Waals surface area contributed by atoms with Crippen molar-refractivity contribution in [2.45, 2.75) is 13.1 Å². The second-order valence-corrected chi connectivity index (χ2v) is 7.48. The molecule has 0 unspecified atom stereocenters. The van der Waals surface area contributed by atoms with Crippen LogP contribution in [0.2, 0.25) is 0 Å². The minimum Gasteiger partial charge on any atom is -0.378 e. The second kappa shape index (κ2) is 8.79. The third-order valence-corrected chi connectivity index (χ3v) is 5.34. The van der Waals surface area contributed by atoms with E-state index in [-0.39, 0.29) is 5.82 Å². The number of pyridine rings is 1. The number of fused-ring (bicyclic) bond motifs is 1. The van der Waals surface area contributed by atoms with Gasteiger partial charge < -0.3 is 19.9 Å². The third-order valence-electron chi connectivity index (χ3n) is 5.34. The molecule has 1 aliphatic rings. The average Bonchev–Trinajstić information content (AvgIpc) is 3.28. The van der Waals surface area contributed by atoms with Gasteiger partial charge in [-0.15, -0.1) is 0 Å². The summed E-state index contributed by atoms with van der Waals surface area (Å²) in [5, 5.41) is 4.31. The first-order valence-electron chi connectivity index (χ1n) is 10.3. The molecule has 1 saturated heterocycles. The molecule has 0 amide bonds. The van der Waals surface area contributed by atoms with Gasteiger partial charge in [0.05, 0.1) is 25.5 Å². The summed E-state index contributed by atoms with van der Waals surface area (Å²) in [6.07, 6.45) is 5.40. The first kappa shape index (κ1) is 19.6. The number of anilines is 1. The molecule has 3 aromatic heterocycles. The molecule has 8 heteroatoms. The largest absolute Gasteiger partial charge is 0.378 e. The fraction of sp³-hybridized carbons (Fsp3) is 0.261. The normalized spacial score (nSPS) is 14.3. The van der Waals surface area contributed by atoms with Crippen molar-refractivity contribution in [2.24, 2.45) is 0 Å². The Balaban J connectivity index is 1.49. The lowest BCUT2D eigenvalue weighted by atomic mass is 10.1. The fourth-order valence-corrected chi connectivity index (χ4v) is 3.82. The number of nitrogens with zero attached hydrogens (tertiary/aromatic N) is 4. The van der Waals surface area contributed by atoms with Crippen molar-refractivity contribution < 1.29 is 9.13 Å². The van der Waals surface area contributed by atoms with Gasteiger partial charge >= 0.3 is 0 Å². The van der Waals surface area contributed by atoms with Gasteiger partial charge in [0, 0.05) is 60.8 Å². The Hall–Kier alpha value is -3.36. The smallest absolute Gasteiger partial charge is 0.145 e. The van der Waals surface area contributed by atoms with E-state index in [2.05, 4.69) is 20.2 Å². The van der Waals surface area contributed by atoms with Gasteiger partial charge in [0.2, 0.25) is 0 Å². The molecule has 2 N–H and O–H groups in total. The van der Waals surface area contributed by atoms with Crippen molar-refractivity contribution in [3.63, 3.8) is 0 Å². The van der Waals surface area contributed by atoms with E-state index in [1.54, 1.807) is 6.20 Å². The molecule has 0 atom stereocenters. The Morgan fingerprint density at radius 1 is 1.10 bits per heavy atom. The van der Waals surface area contributed by atoms with Crippen molar-refractivity contribution in [2.75, 3.05) is 31.2 Å². The summed E-state index contributed by atoms with van der Waals surface area (Å²) >= 11 is 0. The number of ether oxygens (including phenoxy) is 1. The van der Waals surface area contributed by atoms with Crippen LogP contribution in [0, 0.1) is 5.82 Å². The van der Waals surface area contributed by atoms with Crippen LogP contribution in [0.3, 0.4) is 0 Å². The van der Waals surface area contributed by atoms with Crippen molar-refractivity contribution >= 4 is 16.7 Å². The van der Waals surface area contributed by atoms with Crippen molar-refractivity contribution in [1.82, 2.24) is 25.3 Å². The number of benzene rings is 1. The van der Waals surface area contributed by atoms with Gasteiger partial charge in [-0.1, -0.05) is 6.07 Å². The molecule has 31 heavy (non-hydrogen) atoms. The van der Waals surface area contributed by atoms with E-state index in [0.717, 1.165) is 40.9 Å². The topological polar surface area (TPSA) is 79.0 Å². The van der Waals surface area contributed by atoms with Crippen LogP contribution >= 0.6 is 0 Å². The van der Waals surface area contributed by atoms with Crippen LogP contribution in [-0.4, -0.2) is 46.2 Å². The van der Waals surface area contributed by atoms with Gasteiger partial charge in [-0.25, -0.2) is 14.4 Å². The number of H-pyrrole nitrogens is 1. The number of aromatic nitrogens is 4. The van der Waals surface area contributed by atoms with E-state index >= 15 is 0 Å². The number of nitrogens with one attached hydrogen (secondary N) is 2. The van der Waals surface area contributed by atoms with Crippen LogP contribution in [0.25, 0.3) is 22.2 Å². The van der Waals surface area contributed by atoms with Crippen LogP contribution in [0.1, 0.15) is 11.4 Å². The van der Waals surface area contributed by atoms with E-state index in [1.165, 1.54) is 12.1 Å². The lowest BCUT2D eigenvalue weighted by molar-refractivity contribution is 0.122. The SMILES string of the molecule is Fc1cc(-c2cc(N3CCOCC3)nc(CNCc3cccnc3)n2)c2cc[nH]c2c1. The highest BCUT2D eigenvalue weighted by molar-refractivity contribution is 5.94. The minimum absolute atomic E-state index is 0.298. The van der Waals surface area contributed by atoms with Crippen LogP contribution in [-0.2, 0) is 17.8 Å². The Morgan fingerprint density at radius 3 is 2.84 bits per heavy atom. The minimum atomic E-state index is -0.298. The van der Waals surface area contributed by atoms with Crippen LogP contribution in [0.4, 0.5) is 10.2 Å². The van der Waals surface area contributed by atoms with E-state index in [1.807, 2.05) is 36.7 Å². The molecule has 0 saturated carbocycles. The second-order valence-electron chi connectivity index (χ2n) is 7.48. The Labute approximate surface area is 179 Å². The maximum Gasteiger partial charge on any atom is 0.145 e. The summed E-state index contributed by atoms with van der Waals surface area (Å²) in [6, 6.07) is 10.9. The summed E-state index contributed by atoms with van der Waals surface area (Å²) in [5.41, 5.74) is 3.30. The van der Waals surface area contributed by atoms with Crippen molar-refractivity contribution in [3.8, 4) is 11.3 Å². The zero-order valence-electron chi connectivity index (χ0n) is 17.0. The standard InChI is InChI=1S/C23H23FN6O/c24-17-10-19(18-3-5-27-20(18)11-17)21-12-23(30-6-8-31-9-7-30)29-22(28-21)15-26-14-16-2-1-4-25-13-16/h1-5,10-13,26-27H,6-9,14-15H2. The summed E-state index contributed by atoms with van der Waals surface area (Å²) < 4.78 is 19.8. The monoisotopic (exact) mass is 418 g/mol. The molecule has 1 fully saturated rings. The maximum absolute atomic E-state index is 14.3. The summed E-state index contributed by atoms with van der Waals surface area (Å²) in [4.78, 5) is 19.0. The molecular weight excluding hydrogens is 395 g/mol. The molecule has 158 valence electrons. The third kappa shape index (κ3) is 4.40. The highest BCUT2D eigenvalue weighted by Gasteiger charge is 2.17. The molecule has 4 heterocycles. The lowest BCUT2D eigenvalue weighted by Gasteiger charge is -2.28. The van der Waals surface area contributed by atoms with Crippen LogP contribution in [0.5, 0.6) is 0 Å². The molecule has 1 aromatic carbocycles. The van der Waals surface area contributed by atoms with Gasteiger partial charge in [-0.3, -0.25) is 4.98 Å². The highest BCUT2D eigenvalue weighted by atomic mass is 19.1. The molecule has 4 aromatic rings.